The molecule has 80 heavy (non-hydrogen) atoms. The summed E-state index contributed by atoms with van der Waals surface area (Å²) in [5.74, 6) is -0.977. The van der Waals surface area contributed by atoms with Crippen LogP contribution in [0.2, 0.25) is 0 Å². The molecule has 6 aromatic carbocycles. The first-order valence-corrected chi connectivity index (χ1v) is 30.3. The summed E-state index contributed by atoms with van der Waals surface area (Å²) >= 11 is 0. The number of sulfonamides is 2. The maximum absolute atomic E-state index is 15.8. The van der Waals surface area contributed by atoms with Crippen LogP contribution in [0.5, 0.6) is 46.0 Å². The molecule has 1 saturated carbocycles. The molecule has 0 aliphatic heterocycles. The maximum atomic E-state index is 15.8. The van der Waals surface area contributed by atoms with Gasteiger partial charge in [-0.25, -0.2) is 16.8 Å². The van der Waals surface area contributed by atoms with E-state index in [-0.39, 0.29) is 90.9 Å². The van der Waals surface area contributed by atoms with Gasteiger partial charge >= 0.3 is 17.1 Å². The highest BCUT2D eigenvalue weighted by Gasteiger charge is 2.50. The Bertz CT molecular complexity index is 3370. The Morgan fingerprint density at radius 1 is 0.500 bits per heavy atom. The number of hydrogen-bond donors (Lipinski definition) is 0. The van der Waals surface area contributed by atoms with Crippen LogP contribution in [0.1, 0.15) is 113 Å². The van der Waals surface area contributed by atoms with Crippen molar-refractivity contribution in [1.29, 1.82) is 0 Å². The number of hydrogen-bond acceptors (Lipinski definition) is 16. The smallest absolute Gasteiger partial charge is 0.399 e. The van der Waals surface area contributed by atoms with Crippen LogP contribution in [-0.4, -0.2) is 89.1 Å². The third kappa shape index (κ3) is 14.0. The van der Waals surface area contributed by atoms with Crippen LogP contribution in [0.4, 0.5) is 0 Å². The Morgan fingerprint density at radius 3 is 1.15 bits per heavy atom. The van der Waals surface area contributed by atoms with Crippen molar-refractivity contribution >= 4 is 60.2 Å². The second-order valence-electron chi connectivity index (χ2n) is 19.5. The molecule has 0 bridgehead atoms. The Hall–Kier alpha value is -6.92. The van der Waals surface area contributed by atoms with Crippen molar-refractivity contribution in [1.82, 2.24) is 8.15 Å². The minimum Gasteiger partial charge on any atom is -0.497 e. The molecule has 6 aromatic rings. The number of carbonyl (C=O) groups excluding carboxylic acids is 4. The van der Waals surface area contributed by atoms with Crippen molar-refractivity contribution in [3.8, 4) is 46.0 Å². The molecule has 0 saturated heterocycles. The molecule has 1 fully saturated rings. The molecule has 0 heterocycles. The molecule has 0 amide bonds. The lowest BCUT2D eigenvalue weighted by atomic mass is 9.74. The van der Waals surface area contributed by atoms with E-state index in [0.717, 1.165) is 19.3 Å². The van der Waals surface area contributed by atoms with Crippen LogP contribution in [0.15, 0.2) is 131 Å². The summed E-state index contributed by atoms with van der Waals surface area (Å²) in [5, 5.41) is 0. The fourth-order valence-corrected chi connectivity index (χ4v) is 16.5. The summed E-state index contributed by atoms with van der Waals surface area (Å²) in [7, 11) is -9.80. The van der Waals surface area contributed by atoms with E-state index in [4.69, 9.17) is 37.0 Å². The Kier molecular flexibility index (Phi) is 19.5. The predicted octanol–water partition coefficient (Wildman–Crippen LogP) is 12.5. The Labute approximate surface area is 470 Å². The molecule has 22 heteroatoms. The minimum absolute atomic E-state index is 0.0641. The van der Waals surface area contributed by atoms with Gasteiger partial charge in [0.25, 0.3) is 20.0 Å². The van der Waals surface area contributed by atoms with E-state index in [1.54, 1.807) is 62.4 Å². The topological polar surface area (TPSA) is 217 Å². The van der Waals surface area contributed by atoms with Gasteiger partial charge in [0.1, 0.15) is 46.0 Å². The summed E-state index contributed by atoms with van der Waals surface area (Å²) in [6.45, 7) is 10.3. The summed E-state index contributed by atoms with van der Waals surface area (Å²) in [6.07, 6.45) is 0.741. The van der Waals surface area contributed by atoms with E-state index >= 15 is 16.8 Å². The molecule has 2 atom stereocenters. The number of carbonyl (C=O) groups is 4. The van der Waals surface area contributed by atoms with Crippen molar-refractivity contribution in [2.75, 3.05) is 35.0 Å². The highest BCUT2D eigenvalue weighted by Crippen LogP contribution is 2.57. The number of ether oxygens (including phenoxy) is 4. The van der Waals surface area contributed by atoms with Gasteiger partial charge in [-0.2, -0.15) is 0 Å². The minimum atomic E-state index is -4.73. The number of benzene rings is 6. The zero-order valence-electron chi connectivity index (χ0n) is 46.3. The van der Waals surface area contributed by atoms with Crippen LogP contribution in [0.3, 0.4) is 0 Å². The van der Waals surface area contributed by atoms with Crippen molar-refractivity contribution < 1.29 is 73.1 Å². The van der Waals surface area contributed by atoms with Gasteiger partial charge in [-0.3, -0.25) is 19.2 Å². The SMILES string of the molecule is COc1ccc(C(C)=O)c(OP(Oc2cc(OC)ccc2C(C)=O)N(CC2(C)CCCC(N(P(Oc3cc(OC)ccc3C(C)=O)Oc3cc(OC)ccc3C(C)=O)S(=O)(=O)c3ccc(C)cc3)C2)S(=O)(=O)c2ccc(C)cc2)c1. The highest BCUT2D eigenvalue weighted by molar-refractivity contribution is 7.94. The van der Waals surface area contributed by atoms with Crippen LogP contribution in [-0.2, 0) is 20.0 Å². The van der Waals surface area contributed by atoms with Crippen molar-refractivity contribution in [2.45, 2.75) is 90.0 Å². The molecule has 0 aromatic heterocycles. The van der Waals surface area contributed by atoms with E-state index in [9.17, 15) is 19.2 Å². The fraction of sp³-hybridized carbons (Fsp3) is 0.310. The Balaban J connectivity index is 1.46. The number of Topliss-reactive ketones (excluding diaryl/α,β-unsaturated/α-hetero) is 4. The first kappa shape index (κ1) is 60.7. The average Bonchev–Trinajstić information content (AvgIpc) is 3.60. The number of methoxy groups -OCH3 is 4. The number of ketones is 4. The molecule has 1 aliphatic rings. The number of rotatable bonds is 25. The van der Waals surface area contributed by atoms with Gasteiger partial charge in [-0.15, -0.1) is 8.15 Å². The lowest BCUT2D eigenvalue weighted by Gasteiger charge is -2.45. The number of aryl methyl sites for hydroxylation is 2. The summed E-state index contributed by atoms with van der Waals surface area (Å²) in [5.41, 5.74) is 0.611. The zero-order valence-corrected chi connectivity index (χ0v) is 49.7. The lowest BCUT2D eigenvalue weighted by Crippen LogP contribution is -2.47. The van der Waals surface area contributed by atoms with Gasteiger partial charge in [-0.1, -0.05) is 48.7 Å². The summed E-state index contributed by atoms with van der Waals surface area (Å²) < 4.78 is 114. The largest absolute Gasteiger partial charge is 0.497 e. The average molecular weight is 1170 g/mol. The van der Waals surface area contributed by atoms with Crippen LogP contribution < -0.4 is 37.0 Å². The first-order chi connectivity index (χ1) is 37.9. The lowest BCUT2D eigenvalue weighted by molar-refractivity contribution is 0.100. The second-order valence-corrected chi connectivity index (χ2v) is 26.3. The van der Waals surface area contributed by atoms with Gasteiger partial charge in [0, 0.05) is 36.9 Å². The van der Waals surface area contributed by atoms with Crippen molar-refractivity contribution in [3.05, 3.63) is 155 Å². The molecular formula is C58H64N2O16P2S2. The molecule has 1 aliphatic carbocycles. The quantitative estimate of drug-likeness (QED) is 0.0384. The molecule has 0 N–H and O–H groups in total. The number of nitrogens with zero attached hydrogens (tertiary/aromatic N) is 2. The van der Waals surface area contributed by atoms with Gasteiger partial charge < -0.3 is 37.0 Å². The van der Waals surface area contributed by atoms with Gasteiger partial charge in [0.15, 0.2) is 23.1 Å². The van der Waals surface area contributed by atoms with Crippen molar-refractivity contribution in [2.24, 2.45) is 5.41 Å². The summed E-state index contributed by atoms with van der Waals surface area (Å²) in [4.78, 5) is 53.0. The molecule has 424 valence electrons. The second kappa shape index (κ2) is 25.7. The first-order valence-electron chi connectivity index (χ1n) is 25.2. The van der Waals surface area contributed by atoms with Gasteiger partial charge in [0.2, 0.25) is 0 Å². The molecule has 0 spiro atoms. The van der Waals surface area contributed by atoms with E-state index in [0.29, 0.717) is 12.8 Å². The standard InChI is InChI=1S/C58H64N2O16P2S2/c1-37-14-22-48(23-15-37)79(65,66)59(77(73-54-31-44(69-8)18-26-50(54)39(3)61)74-55-32-45(70-9)19-27-51(55)40(4)62)36-58(7)30-12-13-43(35-58)60(80(67,68)49-24-16-38(2)17-25-49)78(75-56-33-46(71-10)20-28-52(56)41(5)63)76-57-34-47(72-11)21-29-53(57)42(6)64/h14-29,31-34,43H,12-13,30,35-36H2,1-11H3. The van der Waals surface area contributed by atoms with Crippen LogP contribution in [0.25, 0.3) is 0 Å². The molecule has 18 nitrogen and oxygen atoms in total. The third-order valence-corrected chi connectivity index (χ3v) is 21.2. The van der Waals surface area contributed by atoms with Crippen LogP contribution in [0, 0.1) is 19.3 Å². The van der Waals surface area contributed by atoms with Gasteiger partial charge in [-0.05, 0) is 139 Å². The third-order valence-electron chi connectivity index (χ3n) is 13.4. The highest BCUT2D eigenvalue weighted by atomic mass is 32.2. The van der Waals surface area contributed by atoms with E-state index in [1.165, 1.54) is 129 Å². The normalized spacial score (nSPS) is 15.6. The molecule has 7 rings (SSSR count). The Morgan fingerprint density at radius 2 is 0.825 bits per heavy atom. The van der Waals surface area contributed by atoms with Gasteiger partial charge in [0.05, 0.1) is 60.5 Å². The zero-order chi connectivity index (χ0) is 58.3. The van der Waals surface area contributed by atoms with E-state index in [2.05, 4.69) is 0 Å². The molecular weight excluding hydrogens is 1110 g/mol. The van der Waals surface area contributed by atoms with Crippen LogP contribution >= 0.6 is 17.1 Å². The monoisotopic (exact) mass is 1170 g/mol. The fourth-order valence-electron chi connectivity index (χ4n) is 9.02. The summed E-state index contributed by atoms with van der Waals surface area (Å²) in [6, 6.07) is 29.1. The van der Waals surface area contributed by atoms with Crippen molar-refractivity contribution in [3.63, 3.8) is 0 Å². The predicted molar refractivity (Wildman–Crippen MR) is 304 cm³/mol. The molecule has 2 unspecified atom stereocenters. The maximum Gasteiger partial charge on any atom is 0.399 e. The van der Waals surface area contributed by atoms with E-state index < -0.39 is 78.2 Å². The van der Waals surface area contributed by atoms with E-state index in [1.807, 2.05) is 6.92 Å². The molecule has 0 radical (unpaired) electrons.